The van der Waals surface area contributed by atoms with Crippen molar-refractivity contribution in [3.63, 3.8) is 0 Å². The molecule has 0 atom stereocenters. The van der Waals surface area contributed by atoms with Gasteiger partial charge in [-0.1, -0.05) is 24.3 Å². The topological polar surface area (TPSA) is 64.1 Å². The van der Waals surface area contributed by atoms with E-state index in [9.17, 15) is 4.79 Å². The van der Waals surface area contributed by atoms with Crippen molar-refractivity contribution in [2.45, 2.75) is 13.5 Å². The fourth-order valence-corrected chi connectivity index (χ4v) is 2.95. The van der Waals surface area contributed by atoms with Crippen molar-refractivity contribution in [1.82, 2.24) is 15.3 Å². The van der Waals surface area contributed by atoms with Crippen LogP contribution in [0.1, 0.15) is 11.3 Å². The molecule has 0 fully saturated rings. The van der Waals surface area contributed by atoms with E-state index in [1.165, 1.54) is 0 Å². The van der Waals surface area contributed by atoms with Crippen molar-refractivity contribution in [1.29, 1.82) is 0 Å². The van der Waals surface area contributed by atoms with Gasteiger partial charge in [0.25, 0.3) is 5.91 Å². The van der Waals surface area contributed by atoms with Crippen molar-refractivity contribution in [3.8, 4) is 16.3 Å². The molecule has 3 aromatic rings. The Morgan fingerprint density at radius 2 is 2.00 bits per heavy atom. The summed E-state index contributed by atoms with van der Waals surface area (Å²) in [5.74, 6) is 0.521. The van der Waals surface area contributed by atoms with E-state index in [2.05, 4.69) is 15.3 Å². The Morgan fingerprint density at radius 3 is 2.79 bits per heavy atom. The molecule has 0 aliphatic heterocycles. The molecular weight excluding hydrogens is 322 g/mol. The summed E-state index contributed by atoms with van der Waals surface area (Å²) in [6.45, 7) is 2.23. The summed E-state index contributed by atoms with van der Waals surface area (Å²) in [4.78, 5) is 21.7. The lowest BCUT2D eigenvalue weighted by atomic mass is 10.2. The molecule has 2 aromatic heterocycles. The second-order valence-electron chi connectivity index (χ2n) is 5.16. The third kappa shape index (κ3) is 3.97. The number of nitrogens with one attached hydrogen (secondary N) is 1. The van der Waals surface area contributed by atoms with Crippen molar-refractivity contribution in [2.24, 2.45) is 0 Å². The minimum absolute atomic E-state index is 0.0283. The number of aromatic nitrogens is 2. The van der Waals surface area contributed by atoms with Crippen molar-refractivity contribution in [2.75, 3.05) is 6.61 Å². The maximum atomic E-state index is 12.0. The molecule has 6 heteroatoms. The summed E-state index contributed by atoms with van der Waals surface area (Å²) >= 11 is 1.59. The number of thiophene rings is 1. The first-order valence-corrected chi connectivity index (χ1v) is 8.41. The van der Waals surface area contributed by atoms with Gasteiger partial charge < -0.3 is 10.1 Å². The monoisotopic (exact) mass is 339 g/mol. The third-order valence-corrected chi connectivity index (χ3v) is 4.31. The van der Waals surface area contributed by atoms with Gasteiger partial charge in [-0.25, -0.2) is 0 Å². The zero-order valence-electron chi connectivity index (χ0n) is 13.2. The standard InChI is InChI=1S/C18H17N3O2S/c1-13-5-2-3-6-15(13)23-12-17(22)21-11-14-18(20-9-8-19-14)16-7-4-10-24-16/h2-10H,11-12H2,1H3,(H,21,22). The Labute approximate surface area is 144 Å². The molecule has 1 aromatic carbocycles. The van der Waals surface area contributed by atoms with Gasteiger partial charge in [0.1, 0.15) is 11.4 Å². The molecule has 1 N–H and O–H groups in total. The average Bonchev–Trinajstić information content (AvgIpc) is 3.14. The van der Waals surface area contributed by atoms with Crippen LogP contribution >= 0.6 is 11.3 Å². The second kappa shape index (κ2) is 7.70. The Balaban J connectivity index is 1.58. The summed E-state index contributed by atoms with van der Waals surface area (Å²) < 4.78 is 5.54. The SMILES string of the molecule is Cc1ccccc1OCC(=O)NCc1nccnc1-c1cccs1. The quantitative estimate of drug-likeness (QED) is 0.749. The van der Waals surface area contributed by atoms with Gasteiger partial charge in [0.05, 0.1) is 17.1 Å². The fourth-order valence-electron chi connectivity index (χ4n) is 2.21. The number of nitrogens with zero attached hydrogens (tertiary/aromatic N) is 2. The highest BCUT2D eigenvalue weighted by molar-refractivity contribution is 7.13. The largest absolute Gasteiger partial charge is 0.484 e. The van der Waals surface area contributed by atoms with Crippen LogP contribution in [0.2, 0.25) is 0 Å². The predicted octanol–water partition coefficient (Wildman–Crippen LogP) is 3.21. The highest BCUT2D eigenvalue weighted by Gasteiger charge is 2.10. The van der Waals surface area contributed by atoms with Gasteiger partial charge in [-0.15, -0.1) is 11.3 Å². The first-order valence-electron chi connectivity index (χ1n) is 7.53. The van der Waals surface area contributed by atoms with E-state index in [0.717, 1.165) is 21.8 Å². The molecule has 2 heterocycles. The van der Waals surface area contributed by atoms with Crippen LogP contribution in [0.15, 0.2) is 54.2 Å². The molecule has 0 radical (unpaired) electrons. The van der Waals surface area contributed by atoms with E-state index in [4.69, 9.17) is 4.74 Å². The highest BCUT2D eigenvalue weighted by atomic mass is 32.1. The minimum atomic E-state index is -0.193. The lowest BCUT2D eigenvalue weighted by Gasteiger charge is -2.10. The third-order valence-electron chi connectivity index (χ3n) is 3.43. The van der Waals surface area contributed by atoms with Crippen molar-refractivity contribution >= 4 is 17.2 Å². The zero-order chi connectivity index (χ0) is 16.8. The lowest BCUT2D eigenvalue weighted by molar-refractivity contribution is -0.123. The molecule has 3 rings (SSSR count). The molecule has 122 valence electrons. The molecule has 0 aliphatic carbocycles. The number of carbonyl (C=O) groups excluding carboxylic acids is 1. The number of benzene rings is 1. The Bertz CT molecular complexity index is 819. The number of carbonyl (C=O) groups is 1. The van der Waals surface area contributed by atoms with Gasteiger partial charge in [0.2, 0.25) is 0 Å². The van der Waals surface area contributed by atoms with Gasteiger partial charge in [-0.3, -0.25) is 14.8 Å². The van der Waals surface area contributed by atoms with E-state index < -0.39 is 0 Å². The van der Waals surface area contributed by atoms with Crippen LogP contribution in [0.3, 0.4) is 0 Å². The van der Waals surface area contributed by atoms with Crippen LogP contribution in [0, 0.1) is 6.92 Å². The summed E-state index contributed by atoms with van der Waals surface area (Å²) in [5, 5.41) is 4.82. The summed E-state index contributed by atoms with van der Waals surface area (Å²) in [5.41, 5.74) is 2.54. The molecular formula is C18H17N3O2S. The van der Waals surface area contributed by atoms with Crippen molar-refractivity contribution < 1.29 is 9.53 Å². The Hall–Kier alpha value is -2.73. The molecule has 24 heavy (non-hydrogen) atoms. The van der Waals surface area contributed by atoms with Gasteiger partial charge in [-0.05, 0) is 30.0 Å². The molecule has 0 aliphatic rings. The number of amides is 1. The van der Waals surface area contributed by atoms with Gasteiger partial charge in [0.15, 0.2) is 6.61 Å². The summed E-state index contributed by atoms with van der Waals surface area (Å²) in [6, 6.07) is 11.6. The molecule has 5 nitrogen and oxygen atoms in total. The molecule has 0 spiro atoms. The highest BCUT2D eigenvalue weighted by Crippen LogP contribution is 2.24. The molecule has 0 bridgehead atoms. The van der Waals surface area contributed by atoms with Gasteiger partial charge >= 0.3 is 0 Å². The molecule has 0 unspecified atom stereocenters. The van der Waals surface area contributed by atoms with Gasteiger partial charge in [0, 0.05) is 12.4 Å². The maximum Gasteiger partial charge on any atom is 0.258 e. The summed E-state index contributed by atoms with van der Waals surface area (Å²) in [7, 11) is 0. The molecule has 1 amide bonds. The first-order chi connectivity index (χ1) is 11.7. The van der Waals surface area contributed by atoms with Crippen LogP contribution in [0.25, 0.3) is 10.6 Å². The Kier molecular flexibility index (Phi) is 5.18. The fraction of sp³-hybridized carbons (Fsp3) is 0.167. The zero-order valence-corrected chi connectivity index (χ0v) is 14.0. The number of rotatable bonds is 6. The molecule has 0 saturated carbocycles. The van der Waals surface area contributed by atoms with Crippen LogP contribution in [0.5, 0.6) is 5.75 Å². The smallest absolute Gasteiger partial charge is 0.258 e. The number of hydrogen-bond acceptors (Lipinski definition) is 5. The van der Waals surface area contributed by atoms with Crippen LogP contribution in [-0.4, -0.2) is 22.5 Å². The van der Waals surface area contributed by atoms with Crippen LogP contribution < -0.4 is 10.1 Å². The minimum Gasteiger partial charge on any atom is -0.484 e. The average molecular weight is 339 g/mol. The lowest BCUT2D eigenvalue weighted by Crippen LogP contribution is -2.29. The van der Waals surface area contributed by atoms with E-state index >= 15 is 0 Å². The number of aryl methyl sites for hydroxylation is 1. The van der Waals surface area contributed by atoms with Crippen molar-refractivity contribution in [3.05, 3.63) is 65.4 Å². The Morgan fingerprint density at radius 1 is 1.17 bits per heavy atom. The van der Waals surface area contributed by atoms with Gasteiger partial charge in [-0.2, -0.15) is 0 Å². The molecule has 0 saturated heterocycles. The second-order valence-corrected chi connectivity index (χ2v) is 6.11. The van der Waals surface area contributed by atoms with E-state index in [1.807, 2.05) is 48.7 Å². The first kappa shape index (κ1) is 16.1. The summed E-state index contributed by atoms with van der Waals surface area (Å²) in [6.07, 6.45) is 3.28. The van der Waals surface area contributed by atoms with E-state index in [0.29, 0.717) is 12.3 Å². The van der Waals surface area contributed by atoms with Crippen LogP contribution in [-0.2, 0) is 11.3 Å². The normalized spacial score (nSPS) is 10.4. The van der Waals surface area contributed by atoms with E-state index in [-0.39, 0.29) is 12.5 Å². The van der Waals surface area contributed by atoms with E-state index in [1.54, 1.807) is 23.7 Å². The predicted molar refractivity (Wildman–Crippen MR) is 93.9 cm³/mol. The number of hydrogen-bond donors (Lipinski definition) is 1. The number of para-hydroxylation sites is 1. The number of ether oxygens (including phenoxy) is 1. The van der Waals surface area contributed by atoms with Crippen LogP contribution in [0.4, 0.5) is 0 Å². The maximum absolute atomic E-state index is 12.0.